The lowest BCUT2D eigenvalue weighted by molar-refractivity contribution is -0.916. The van der Waals surface area contributed by atoms with Gasteiger partial charge < -0.3 is 4.90 Å². The van der Waals surface area contributed by atoms with Crippen molar-refractivity contribution in [2.75, 3.05) is 26.2 Å². The van der Waals surface area contributed by atoms with E-state index in [0.717, 1.165) is 24.3 Å². The number of hydrogen-bond acceptors (Lipinski definition) is 3. The van der Waals surface area contributed by atoms with Crippen molar-refractivity contribution in [3.63, 3.8) is 0 Å². The molecule has 7 heteroatoms. The quantitative estimate of drug-likeness (QED) is 0.862. The molecule has 3 rings (SSSR count). The summed E-state index contributed by atoms with van der Waals surface area (Å²) in [6.07, 6.45) is 2.37. The number of fused-ring (bicyclic) bond motifs is 1. The summed E-state index contributed by atoms with van der Waals surface area (Å²) in [5, 5.41) is 0. The molecule has 0 aliphatic carbocycles. The molecule has 2 aliphatic rings. The number of halogens is 1. The molecule has 3 heterocycles. The van der Waals surface area contributed by atoms with E-state index in [1.54, 1.807) is 21.3 Å². The molecule has 1 aromatic rings. The molecule has 0 spiro atoms. The van der Waals surface area contributed by atoms with Gasteiger partial charge in [-0.15, -0.1) is 11.3 Å². The van der Waals surface area contributed by atoms with Gasteiger partial charge in [0.25, 0.3) is 10.0 Å². The number of rotatable bonds is 2. The van der Waals surface area contributed by atoms with Crippen molar-refractivity contribution in [3.8, 4) is 0 Å². The molecule has 100 valence electrons. The molecule has 2 fully saturated rings. The molecule has 4 nitrogen and oxygen atoms in total. The number of hydrogen-bond donors (Lipinski definition) is 1. The Morgan fingerprint density at radius 2 is 2.22 bits per heavy atom. The summed E-state index contributed by atoms with van der Waals surface area (Å²) in [7, 11) is -3.33. The average molecular weight is 308 g/mol. The van der Waals surface area contributed by atoms with E-state index in [4.69, 9.17) is 11.6 Å². The molecule has 1 unspecified atom stereocenters. The van der Waals surface area contributed by atoms with Gasteiger partial charge in [-0.25, -0.2) is 8.42 Å². The van der Waals surface area contributed by atoms with Gasteiger partial charge in [0.1, 0.15) is 10.3 Å². The van der Waals surface area contributed by atoms with E-state index < -0.39 is 10.0 Å². The first-order valence-corrected chi connectivity index (χ1v) is 8.81. The Morgan fingerprint density at radius 3 is 2.94 bits per heavy atom. The lowest BCUT2D eigenvalue weighted by atomic mass is 10.2. The smallest absolute Gasteiger partial charge is 0.253 e. The molecule has 0 bridgehead atoms. The van der Waals surface area contributed by atoms with Gasteiger partial charge >= 0.3 is 0 Å². The molecular formula is C11H16ClN2O2S2+. The number of nitrogens with zero attached hydrogens (tertiary/aromatic N) is 1. The fourth-order valence-corrected chi connectivity index (χ4v) is 6.04. The van der Waals surface area contributed by atoms with Gasteiger partial charge in [0.15, 0.2) is 0 Å². The molecule has 1 N–H and O–H groups in total. The third-order valence-electron chi connectivity index (χ3n) is 3.88. The van der Waals surface area contributed by atoms with Crippen LogP contribution >= 0.6 is 22.9 Å². The molecule has 2 aliphatic heterocycles. The fraction of sp³-hybridized carbons (Fsp3) is 0.636. The van der Waals surface area contributed by atoms with Crippen molar-refractivity contribution in [2.24, 2.45) is 0 Å². The highest BCUT2D eigenvalue weighted by molar-refractivity contribution is 7.91. The third-order valence-corrected chi connectivity index (χ3v) is 7.44. The molecule has 18 heavy (non-hydrogen) atoms. The first-order valence-electron chi connectivity index (χ1n) is 6.17. The second kappa shape index (κ2) is 4.76. The molecule has 0 amide bonds. The van der Waals surface area contributed by atoms with Crippen molar-refractivity contribution < 1.29 is 13.3 Å². The van der Waals surface area contributed by atoms with Crippen LogP contribution < -0.4 is 4.90 Å². The number of quaternary nitrogens is 1. The Bertz CT molecular complexity index is 543. The maximum Gasteiger partial charge on any atom is 0.253 e. The Balaban J connectivity index is 1.82. The minimum atomic E-state index is -3.33. The zero-order chi connectivity index (χ0) is 12.8. The van der Waals surface area contributed by atoms with Crippen LogP contribution in [-0.4, -0.2) is 44.9 Å². The van der Waals surface area contributed by atoms with E-state index in [1.807, 2.05) is 0 Å². The molecule has 0 aromatic carbocycles. The van der Waals surface area contributed by atoms with Crippen molar-refractivity contribution >= 4 is 33.0 Å². The summed E-state index contributed by atoms with van der Waals surface area (Å²) in [5.41, 5.74) is 0. The van der Waals surface area contributed by atoms with Crippen LogP contribution in [0.1, 0.15) is 12.8 Å². The molecule has 0 radical (unpaired) electrons. The fourth-order valence-electron chi connectivity index (χ4n) is 2.92. The van der Waals surface area contributed by atoms with E-state index in [1.165, 1.54) is 13.0 Å². The predicted octanol–water partition coefficient (Wildman–Crippen LogP) is 0.453. The van der Waals surface area contributed by atoms with E-state index in [9.17, 15) is 8.42 Å². The Labute approximate surface area is 116 Å². The first-order chi connectivity index (χ1) is 8.57. The van der Waals surface area contributed by atoms with Crippen LogP contribution in [0.4, 0.5) is 0 Å². The predicted molar refractivity (Wildman–Crippen MR) is 71.8 cm³/mol. The number of nitrogens with one attached hydrogen (secondary N) is 1. The number of sulfonamides is 1. The Kier molecular flexibility index (Phi) is 3.40. The molecular weight excluding hydrogens is 292 g/mol. The Hall–Kier alpha value is -0.140. The molecule has 1 aromatic heterocycles. The van der Waals surface area contributed by atoms with Gasteiger partial charge in [0.2, 0.25) is 0 Å². The number of thiophene rings is 1. The van der Waals surface area contributed by atoms with Gasteiger partial charge in [0, 0.05) is 12.8 Å². The highest BCUT2D eigenvalue weighted by atomic mass is 35.5. The zero-order valence-electron chi connectivity index (χ0n) is 9.93. The van der Waals surface area contributed by atoms with Crippen LogP contribution in [0.25, 0.3) is 0 Å². The molecule has 0 saturated carbocycles. The highest BCUT2D eigenvalue weighted by Crippen LogP contribution is 2.28. The maximum absolute atomic E-state index is 12.5. The molecule has 2 saturated heterocycles. The lowest BCUT2D eigenvalue weighted by Gasteiger charge is -2.33. The van der Waals surface area contributed by atoms with E-state index >= 15 is 0 Å². The van der Waals surface area contributed by atoms with Crippen LogP contribution in [-0.2, 0) is 10.0 Å². The van der Waals surface area contributed by atoms with Crippen molar-refractivity contribution in [3.05, 3.63) is 16.5 Å². The monoisotopic (exact) mass is 307 g/mol. The zero-order valence-corrected chi connectivity index (χ0v) is 12.3. The summed E-state index contributed by atoms with van der Waals surface area (Å²) in [4.78, 5) is 1.57. The number of piperazine rings is 1. The van der Waals surface area contributed by atoms with Gasteiger partial charge in [-0.3, -0.25) is 0 Å². The summed E-state index contributed by atoms with van der Waals surface area (Å²) >= 11 is 6.97. The van der Waals surface area contributed by atoms with Crippen LogP contribution in [0.2, 0.25) is 4.34 Å². The van der Waals surface area contributed by atoms with Gasteiger partial charge in [-0.1, -0.05) is 11.6 Å². The summed E-state index contributed by atoms with van der Waals surface area (Å²) in [6, 6.07) is 3.75. The topological polar surface area (TPSA) is 41.8 Å². The van der Waals surface area contributed by atoms with Crippen molar-refractivity contribution in [1.82, 2.24) is 4.31 Å². The van der Waals surface area contributed by atoms with Crippen LogP contribution in [0.5, 0.6) is 0 Å². The maximum atomic E-state index is 12.5. The Morgan fingerprint density at radius 1 is 1.39 bits per heavy atom. The summed E-state index contributed by atoms with van der Waals surface area (Å²) < 4.78 is 27.4. The second-order valence-electron chi connectivity index (χ2n) is 4.92. The SMILES string of the molecule is O=S(=O)(c1ccc(Cl)s1)N1CC[NH+]2CCC[C@@H]2C1. The van der Waals surface area contributed by atoms with Crippen LogP contribution in [0.3, 0.4) is 0 Å². The normalized spacial score (nSPS) is 29.4. The van der Waals surface area contributed by atoms with Gasteiger partial charge in [-0.05, 0) is 12.1 Å². The average Bonchev–Trinajstić information content (AvgIpc) is 2.96. The lowest BCUT2D eigenvalue weighted by Crippen LogP contribution is -3.16. The standard InChI is InChI=1S/C11H15ClN2O2S2/c12-10-3-4-11(17-10)18(15,16)14-7-6-13-5-1-2-9(13)8-14/h3-4,9H,1-2,5-8H2/p+1/t9-/m1/s1. The highest BCUT2D eigenvalue weighted by Gasteiger charge is 2.39. The van der Waals surface area contributed by atoms with Crippen molar-refractivity contribution in [1.29, 1.82) is 0 Å². The largest absolute Gasteiger partial charge is 0.330 e. The summed E-state index contributed by atoms with van der Waals surface area (Å²) in [6.45, 7) is 3.42. The second-order valence-corrected chi connectivity index (χ2v) is 8.80. The molecule has 2 atom stereocenters. The van der Waals surface area contributed by atoms with Gasteiger partial charge in [0.05, 0.1) is 30.5 Å². The first kappa shape index (κ1) is 12.9. The minimum absolute atomic E-state index is 0.369. The van der Waals surface area contributed by atoms with E-state index in [2.05, 4.69) is 0 Å². The minimum Gasteiger partial charge on any atom is -0.330 e. The van der Waals surface area contributed by atoms with Gasteiger partial charge in [-0.2, -0.15) is 4.31 Å². The van der Waals surface area contributed by atoms with Crippen LogP contribution in [0.15, 0.2) is 16.3 Å². The van der Waals surface area contributed by atoms with E-state index in [0.29, 0.717) is 27.7 Å². The third kappa shape index (κ3) is 2.20. The van der Waals surface area contributed by atoms with Crippen molar-refractivity contribution in [2.45, 2.75) is 23.1 Å². The summed E-state index contributed by atoms with van der Waals surface area (Å²) in [5.74, 6) is 0. The van der Waals surface area contributed by atoms with Crippen LogP contribution in [0, 0.1) is 0 Å². The van der Waals surface area contributed by atoms with E-state index in [-0.39, 0.29) is 0 Å².